The van der Waals surface area contributed by atoms with E-state index in [1.807, 2.05) is 6.07 Å². The van der Waals surface area contributed by atoms with Crippen LogP contribution in [0.15, 0.2) is 28.7 Å². The maximum absolute atomic E-state index is 13.5. The Morgan fingerprint density at radius 1 is 1.29 bits per heavy atom. The van der Waals surface area contributed by atoms with Gasteiger partial charge in [0.05, 0.1) is 9.30 Å². The molecule has 1 aromatic carbocycles. The summed E-state index contributed by atoms with van der Waals surface area (Å²) in [7, 11) is 0. The van der Waals surface area contributed by atoms with Gasteiger partial charge in [0.25, 0.3) is 0 Å². The molecule has 0 amide bonds. The molecule has 0 saturated carbocycles. The SMILES string of the molecule is Cc1cc(C)c(C(Br)c2cccc(F)c2Br)s1. The van der Waals surface area contributed by atoms with Gasteiger partial charge in [0, 0.05) is 9.75 Å². The number of benzene rings is 1. The molecule has 0 bridgehead atoms. The van der Waals surface area contributed by atoms with Crippen molar-refractivity contribution in [3.05, 3.63) is 55.4 Å². The number of aryl methyl sites for hydroxylation is 2. The van der Waals surface area contributed by atoms with Crippen molar-refractivity contribution >= 4 is 43.2 Å². The van der Waals surface area contributed by atoms with Crippen LogP contribution in [0.2, 0.25) is 0 Å². The minimum Gasteiger partial charge on any atom is -0.206 e. The predicted octanol–water partition coefficient (Wildman–Crippen LogP) is 5.75. The highest BCUT2D eigenvalue weighted by atomic mass is 79.9. The van der Waals surface area contributed by atoms with Gasteiger partial charge in [-0.1, -0.05) is 28.1 Å². The van der Waals surface area contributed by atoms with Gasteiger partial charge >= 0.3 is 0 Å². The van der Waals surface area contributed by atoms with E-state index in [2.05, 4.69) is 51.8 Å². The van der Waals surface area contributed by atoms with Crippen LogP contribution in [0.3, 0.4) is 0 Å². The molecule has 2 aromatic rings. The van der Waals surface area contributed by atoms with Crippen LogP contribution >= 0.6 is 43.2 Å². The van der Waals surface area contributed by atoms with Crippen molar-refractivity contribution in [2.75, 3.05) is 0 Å². The molecule has 1 unspecified atom stereocenters. The average molecular weight is 378 g/mol. The van der Waals surface area contributed by atoms with E-state index in [9.17, 15) is 4.39 Å². The number of rotatable bonds is 2. The molecule has 0 radical (unpaired) electrons. The summed E-state index contributed by atoms with van der Waals surface area (Å²) in [5, 5.41) is 0. The van der Waals surface area contributed by atoms with Crippen molar-refractivity contribution in [2.45, 2.75) is 18.7 Å². The average Bonchev–Trinajstić information content (AvgIpc) is 2.61. The molecule has 0 aliphatic rings. The molecule has 0 saturated heterocycles. The van der Waals surface area contributed by atoms with Crippen LogP contribution < -0.4 is 0 Å². The Labute approximate surface area is 121 Å². The lowest BCUT2D eigenvalue weighted by Crippen LogP contribution is -1.94. The van der Waals surface area contributed by atoms with E-state index >= 15 is 0 Å². The summed E-state index contributed by atoms with van der Waals surface area (Å²) in [6.07, 6.45) is 0. The Kier molecular flexibility index (Phi) is 4.06. The molecule has 0 fully saturated rings. The van der Waals surface area contributed by atoms with E-state index < -0.39 is 0 Å². The topological polar surface area (TPSA) is 0 Å². The van der Waals surface area contributed by atoms with Gasteiger partial charge in [-0.25, -0.2) is 4.39 Å². The number of hydrogen-bond acceptors (Lipinski definition) is 1. The van der Waals surface area contributed by atoms with E-state index in [4.69, 9.17) is 0 Å². The van der Waals surface area contributed by atoms with E-state index in [1.165, 1.54) is 21.4 Å². The molecule has 0 nitrogen and oxygen atoms in total. The third-order valence-electron chi connectivity index (χ3n) is 2.56. The largest absolute Gasteiger partial charge is 0.206 e. The summed E-state index contributed by atoms with van der Waals surface area (Å²) >= 11 is 8.71. The Morgan fingerprint density at radius 2 is 2.00 bits per heavy atom. The minimum atomic E-state index is -0.224. The highest BCUT2D eigenvalue weighted by Gasteiger charge is 2.19. The number of alkyl halides is 1. The van der Waals surface area contributed by atoms with Crippen LogP contribution in [-0.4, -0.2) is 0 Å². The molecule has 0 aliphatic heterocycles. The molecule has 90 valence electrons. The molecule has 1 heterocycles. The molecular formula is C13H11Br2FS. The summed E-state index contributed by atoms with van der Waals surface area (Å²) in [6.45, 7) is 4.17. The molecule has 0 N–H and O–H groups in total. The smallest absolute Gasteiger partial charge is 0.137 e. The first kappa shape index (κ1) is 13.2. The van der Waals surface area contributed by atoms with Crippen LogP contribution in [-0.2, 0) is 0 Å². The Bertz CT molecular complexity index is 548. The first-order valence-corrected chi connectivity index (χ1v) is 7.68. The number of halogens is 3. The van der Waals surface area contributed by atoms with Crippen LogP contribution in [0.1, 0.15) is 25.7 Å². The first-order valence-electron chi connectivity index (χ1n) is 5.15. The summed E-state index contributed by atoms with van der Waals surface area (Å²) in [6, 6.07) is 7.28. The van der Waals surface area contributed by atoms with Crippen molar-refractivity contribution in [1.29, 1.82) is 0 Å². The van der Waals surface area contributed by atoms with Crippen LogP contribution in [0, 0.1) is 19.7 Å². The van der Waals surface area contributed by atoms with Crippen LogP contribution in [0.25, 0.3) is 0 Å². The Balaban J connectivity index is 2.47. The third-order valence-corrected chi connectivity index (χ3v) is 5.87. The number of hydrogen-bond donors (Lipinski definition) is 0. The first-order chi connectivity index (χ1) is 8.00. The van der Waals surface area contributed by atoms with Crippen molar-refractivity contribution < 1.29 is 4.39 Å². The van der Waals surface area contributed by atoms with E-state index in [0.717, 1.165) is 5.56 Å². The predicted molar refractivity (Wildman–Crippen MR) is 78.7 cm³/mol. The minimum absolute atomic E-state index is 0.0336. The van der Waals surface area contributed by atoms with Gasteiger partial charge in [0.2, 0.25) is 0 Å². The van der Waals surface area contributed by atoms with Crippen molar-refractivity contribution in [3.8, 4) is 0 Å². The lowest BCUT2D eigenvalue weighted by Gasteiger charge is -2.12. The van der Waals surface area contributed by atoms with E-state index in [-0.39, 0.29) is 10.6 Å². The van der Waals surface area contributed by atoms with Crippen LogP contribution in [0.5, 0.6) is 0 Å². The molecular weight excluding hydrogens is 367 g/mol. The molecule has 2 rings (SSSR count). The highest BCUT2D eigenvalue weighted by Crippen LogP contribution is 2.41. The molecule has 17 heavy (non-hydrogen) atoms. The Hall–Kier alpha value is -0.190. The molecule has 1 aromatic heterocycles. The maximum atomic E-state index is 13.5. The summed E-state index contributed by atoms with van der Waals surface area (Å²) in [5.74, 6) is -0.224. The van der Waals surface area contributed by atoms with Crippen LogP contribution in [0.4, 0.5) is 4.39 Å². The zero-order valence-corrected chi connectivity index (χ0v) is 13.4. The highest BCUT2D eigenvalue weighted by molar-refractivity contribution is 9.11. The summed E-state index contributed by atoms with van der Waals surface area (Å²) < 4.78 is 14.0. The monoisotopic (exact) mass is 376 g/mol. The standard InChI is InChI=1S/C13H11Br2FS/c1-7-6-8(2)17-13(7)12(15)9-4-3-5-10(16)11(9)14/h3-6,12H,1-2H3. The van der Waals surface area contributed by atoms with Gasteiger partial charge in [0.15, 0.2) is 0 Å². The lowest BCUT2D eigenvalue weighted by atomic mass is 10.1. The molecule has 1 atom stereocenters. The number of thiophene rings is 1. The summed E-state index contributed by atoms with van der Waals surface area (Å²) in [4.78, 5) is 2.54. The lowest BCUT2D eigenvalue weighted by molar-refractivity contribution is 0.619. The second-order valence-corrected chi connectivity index (χ2v) is 6.91. The van der Waals surface area contributed by atoms with Gasteiger partial charge < -0.3 is 0 Å². The van der Waals surface area contributed by atoms with E-state index in [1.54, 1.807) is 17.4 Å². The van der Waals surface area contributed by atoms with Gasteiger partial charge in [-0.05, 0) is 53.0 Å². The molecule has 0 spiro atoms. The second-order valence-electron chi connectivity index (χ2n) is 3.91. The molecule has 0 aliphatic carbocycles. The normalized spacial score (nSPS) is 12.8. The zero-order chi connectivity index (χ0) is 12.6. The fraction of sp³-hybridized carbons (Fsp3) is 0.231. The Morgan fingerprint density at radius 3 is 2.59 bits per heavy atom. The fourth-order valence-corrected chi connectivity index (χ4v) is 4.62. The van der Waals surface area contributed by atoms with Gasteiger partial charge in [0.1, 0.15) is 5.82 Å². The second kappa shape index (κ2) is 5.21. The zero-order valence-electron chi connectivity index (χ0n) is 9.43. The van der Waals surface area contributed by atoms with E-state index in [0.29, 0.717) is 4.47 Å². The van der Waals surface area contributed by atoms with Gasteiger partial charge in [-0.15, -0.1) is 11.3 Å². The maximum Gasteiger partial charge on any atom is 0.137 e. The van der Waals surface area contributed by atoms with Crippen molar-refractivity contribution in [1.82, 2.24) is 0 Å². The van der Waals surface area contributed by atoms with Crippen molar-refractivity contribution in [2.24, 2.45) is 0 Å². The summed E-state index contributed by atoms with van der Waals surface area (Å²) in [5.41, 5.74) is 2.17. The van der Waals surface area contributed by atoms with Gasteiger partial charge in [-0.2, -0.15) is 0 Å². The molecule has 4 heteroatoms. The quantitative estimate of drug-likeness (QED) is 0.584. The fourth-order valence-electron chi connectivity index (χ4n) is 1.77. The van der Waals surface area contributed by atoms with Crippen molar-refractivity contribution in [3.63, 3.8) is 0 Å². The third kappa shape index (κ3) is 2.64. The van der Waals surface area contributed by atoms with Gasteiger partial charge in [-0.3, -0.25) is 0 Å².